The van der Waals surface area contributed by atoms with Gasteiger partial charge in [0.1, 0.15) is 0 Å². The monoisotopic (exact) mass is 278 g/mol. The summed E-state index contributed by atoms with van der Waals surface area (Å²) in [5.74, 6) is 1.25. The first kappa shape index (κ1) is 14.9. The molecule has 1 aliphatic rings. The highest BCUT2D eigenvalue weighted by Crippen LogP contribution is 2.20. The third-order valence-electron chi connectivity index (χ3n) is 3.98. The van der Waals surface area contributed by atoms with Crippen LogP contribution in [0.1, 0.15) is 31.4 Å². The smallest absolute Gasteiger partial charge is 0.0449 e. The van der Waals surface area contributed by atoms with Gasteiger partial charge in [0.2, 0.25) is 0 Å². The van der Waals surface area contributed by atoms with Gasteiger partial charge < -0.3 is 5.32 Å². The van der Waals surface area contributed by atoms with E-state index in [1.807, 2.05) is 11.8 Å². The van der Waals surface area contributed by atoms with Crippen LogP contribution in [0.3, 0.4) is 0 Å². The first-order valence-electron chi connectivity index (χ1n) is 7.36. The molecule has 2 rings (SSSR count). The maximum absolute atomic E-state index is 3.70. The lowest BCUT2D eigenvalue weighted by molar-refractivity contribution is 0.204. The summed E-state index contributed by atoms with van der Waals surface area (Å²) < 4.78 is 0. The van der Waals surface area contributed by atoms with Crippen LogP contribution < -0.4 is 5.32 Å². The Morgan fingerprint density at radius 1 is 1.37 bits per heavy atom. The molecule has 1 aliphatic heterocycles. The van der Waals surface area contributed by atoms with Crippen molar-refractivity contribution in [2.45, 2.75) is 31.8 Å². The van der Waals surface area contributed by atoms with Crippen LogP contribution in [-0.4, -0.2) is 42.6 Å². The van der Waals surface area contributed by atoms with Crippen LogP contribution in [-0.2, 0) is 0 Å². The van der Waals surface area contributed by atoms with E-state index in [0.29, 0.717) is 6.04 Å². The number of hydrogen-bond acceptors (Lipinski definition) is 3. The van der Waals surface area contributed by atoms with E-state index in [9.17, 15) is 0 Å². The van der Waals surface area contributed by atoms with E-state index in [-0.39, 0.29) is 0 Å². The van der Waals surface area contributed by atoms with Crippen LogP contribution in [0.5, 0.6) is 0 Å². The molecule has 1 heterocycles. The molecule has 0 bridgehead atoms. The van der Waals surface area contributed by atoms with E-state index in [4.69, 9.17) is 0 Å². The molecule has 0 amide bonds. The van der Waals surface area contributed by atoms with Crippen molar-refractivity contribution in [3.8, 4) is 0 Å². The molecule has 2 atom stereocenters. The normalized spacial score (nSPS) is 22.9. The van der Waals surface area contributed by atoms with Gasteiger partial charge in [-0.1, -0.05) is 37.3 Å². The highest BCUT2D eigenvalue weighted by Gasteiger charge is 2.23. The predicted octanol–water partition coefficient (Wildman–Crippen LogP) is 3.16. The van der Waals surface area contributed by atoms with Crippen molar-refractivity contribution < 1.29 is 0 Å². The SMILES string of the molecule is CCC(CSC)N1CCCNC(c2ccccc2)C1. The van der Waals surface area contributed by atoms with E-state index in [0.717, 1.165) is 19.1 Å². The summed E-state index contributed by atoms with van der Waals surface area (Å²) in [6, 6.07) is 12.1. The third kappa shape index (κ3) is 4.23. The van der Waals surface area contributed by atoms with Gasteiger partial charge in [-0.3, -0.25) is 4.90 Å². The lowest BCUT2D eigenvalue weighted by atomic mass is 10.1. The highest BCUT2D eigenvalue weighted by atomic mass is 32.2. The van der Waals surface area contributed by atoms with Gasteiger partial charge in [0.15, 0.2) is 0 Å². The summed E-state index contributed by atoms with van der Waals surface area (Å²) in [5.41, 5.74) is 1.42. The number of nitrogens with one attached hydrogen (secondary N) is 1. The Bertz CT molecular complexity index is 355. The molecule has 0 aliphatic carbocycles. The fourth-order valence-corrected chi connectivity index (χ4v) is 3.69. The summed E-state index contributed by atoms with van der Waals surface area (Å²) in [4.78, 5) is 2.69. The zero-order valence-electron chi connectivity index (χ0n) is 12.1. The molecule has 0 aromatic heterocycles. The summed E-state index contributed by atoms with van der Waals surface area (Å²) >= 11 is 1.97. The molecule has 1 aromatic carbocycles. The minimum atomic E-state index is 0.486. The lowest BCUT2D eigenvalue weighted by Gasteiger charge is -2.31. The molecule has 3 heteroatoms. The Balaban J connectivity index is 2.06. The second kappa shape index (κ2) is 7.93. The molecular weight excluding hydrogens is 252 g/mol. The van der Waals surface area contributed by atoms with Gasteiger partial charge in [-0.05, 0) is 37.8 Å². The second-order valence-corrected chi connectivity index (χ2v) is 6.19. The van der Waals surface area contributed by atoms with Gasteiger partial charge in [0.25, 0.3) is 0 Å². The quantitative estimate of drug-likeness (QED) is 0.890. The molecule has 2 unspecified atom stereocenters. The molecule has 0 saturated carbocycles. The topological polar surface area (TPSA) is 15.3 Å². The first-order valence-corrected chi connectivity index (χ1v) is 8.75. The molecule has 0 spiro atoms. The van der Waals surface area contributed by atoms with Crippen molar-refractivity contribution in [2.75, 3.05) is 31.6 Å². The van der Waals surface area contributed by atoms with Gasteiger partial charge in [-0.15, -0.1) is 0 Å². The van der Waals surface area contributed by atoms with Crippen LogP contribution in [0.15, 0.2) is 30.3 Å². The maximum Gasteiger partial charge on any atom is 0.0449 e. The Morgan fingerprint density at radius 3 is 2.84 bits per heavy atom. The fourth-order valence-electron chi connectivity index (χ4n) is 2.86. The number of rotatable bonds is 5. The summed E-state index contributed by atoms with van der Waals surface area (Å²) in [6.07, 6.45) is 4.73. The molecule has 1 fully saturated rings. The van der Waals surface area contributed by atoms with Crippen LogP contribution in [0.4, 0.5) is 0 Å². The third-order valence-corrected chi connectivity index (χ3v) is 4.70. The van der Waals surface area contributed by atoms with E-state index >= 15 is 0 Å². The average molecular weight is 278 g/mol. The number of thioether (sulfide) groups is 1. The molecule has 1 aromatic rings. The van der Waals surface area contributed by atoms with Gasteiger partial charge in [0, 0.05) is 24.4 Å². The Kier molecular flexibility index (Phi) is 6.21. The van der Waals surface area contributed by atoms with E-state index in [1.165, 1.54) is 30.7 Å². The van der Waals surface area contributed by atoms with Crippen molar-refractivity contribution in [1.29, 1.82) is 0 Å². The Hall–Kier alpha value is -0.510. The average Bonchev–Trinajstić information content (AvgIpc) is 2.71. The number of benzene rings is 1. The maximum atomic E-state index is 3.70. The summed E-state index contributed by atoms with van der Waals surface area (Å²) in [5, 5.41) is 3.70. The van der Waals surface area contributed by atoms with Crippen molar-refractivity contribution in [3.05, 3.63) is 35.9 Å². The van der Waals surface area contributed by atoms with E-state index in [2.05, 4.69) is 53.7 Å². The zero-order valence-corrected chi connectivity index (χ0v) is 13.0. The molecule has 19 heavy (non-hydrogen) atoms. The standard InChI is InChI=1S/C16H26N2S/c1-3-15(13-19-2)18-11-7-10-17-16(12-18)14-8-5-4-6-9-14/h4-6,8-9,15-17H,3,7,10-13H2,1-2H3. The highest BCUT2D eigenvalue weighted by molar-refractivity contribution is 7.98. The Morgan fingerprint density at radius 2 is 2.16 bits per heavy atom. The number of hydrogen-bond donors (Lipinski definition) is 1. The second-order valence-electron chi connectivity index (χ2n) is 5.28. The van der Waals surface area contributed by atoms with Crippen LogP contribution in [0.25, 0.3) is 0 Å². The summed E-state index contributed by atoms with van der Waals surface area (Å²) in [7, 11) is 0. The molecule has 2 nitrogen and oxygen atoms in total. The van der Waals surface area contributed by atoms with Gasteiger partial charge in [-0.2, -0.15) is 11.8 Å². The molecular formula is C16H26N2S. The first-order chi connectivity index (χ1) is 9.35. The van der Waals surface area contributed by atoms with Crippen LogP contribution >= 0.6 is 11.8 Å². The van der Waals surface area contributed by atoms with Crippen LogP contribution in [0, 0.1) is 0 Å². The molecule has 0 radical (unpaired) electrons. The predicted molar refractivity (Wildman–Crippen MR) is 85.8 cm³/mol. The molecule has 106 valence electrons. The minimum Gasteiger partial charge on any atom is -0.309 e. The molecule has 1 N–H and O–H groups in total. The summed E-state index contributed by atoms with van der Waals surface area (Å²) in [6.45, 7) is 5.82. The van der Waals surface area contributed by atoms with Crippen molar-refractivity contribution >= 4 is 11.8 Å². The van der Waals surface area contributed by atoms with Gasteiger partial charge >= 0.3 is 0 Å². The number of nitrogens with zero attached hydrogens (tertiary/aromatic N) is 1. The Labute approximate surface area is 122 Å². The zero-order chi connectivity index (χ0) is 13.5. The minimum absolute atomic E-state index is 0.486. The van der Waals surface area contributed by atoms with E-state index < -0.39 is 0 Å². The largest absolute Gasteiger partial charge is 0.309 e. The van der Waals surface area contributed by atoms with Gasteiger partial charge in [0.05, 0.1) is 0 Å². The van der Waals surface area contributed by atoms with Crippen molar-refractivity contribution in [3.63, 3.8) is 0 Å². The van der Waals surface area contributed by atoms with E-state index in [1.54, 1.807) is 0 Å². The van der Waals surface area contributed by atoms with Gasteiger partial charge in [-0.25, -0.2) is 0 Å². The molecule has 1 saturated heterocycles. The van der Waals surface area contributed by atoms with Crippen molar-refractivity contribution in [2.24, 2.45) is 0 Å². The van der Waals surface area contributed by atoms with Crippen molar-refractivity contribution in [1.82, 2.24) is 10.2 Å². The van der Waals surface area contributed by atoms with Crippen LogP contribution in [0.2, 0.25) is 0 Å². The lowest BCUT2D eigenvalue weighted by Crippen LogP contribution is -2.40. The fraction of sp³-hybridized carbons (Fsp3) is 0.625.